The van der Waals surface area contributed by atoms with Crippen molar-refractivity contribution in [3.8, 4) is 0 Å². The van der Waals surface area contributed by atoms with E-state index in [0.717, 1.165) is 26.2 Å². The average molecular weight is 273 g/mol. The minimum Gasteiger partial charge on any atom is -0.396 e. The van der Waals surface area contributed by atoms with Crippen molar-refractivity contribution in [2.75, 3.05) is 32.8 Å². The predicted molar refractivity (Wildman–Crippen MR) is 70.3 cm³/mol. The molecule has 100 valence electrons. The molecule has 0 radical (unpaired) electrons. The van der Waals surface area contributed by atoms with E-state index in [4.69, 9.17) is 11.6 Å². The van der Waals surface area contributed by atoms with Crippen LogP contribution in [-0.4, -0.2) is 42.8 Å². The lowest BCUT2D eigenvalue weighted by atomic mass is 10.0. The second kappa shape index (κ2) is 6.48. The number of hydrogen-bond acceptors (Lipinski definition) is 3. The Morgan fingerprint density at radius 3 is 2.72 bits per heavy atom. The number of nitrogens with one attached hydrogen (secondary N) is 1. The van der Waals surface area contributed by atoms with Gasteiger partial charge in [0.05, 0.1) is 0 Å². The molecule has 2 rings (SSSR count). The zero-order valence-corrected chi connectivity index (χ0v) is 11.0. The Bertz CT molecular complexity index is 397. The van der Waals surface area contributed by atoms with Crippen LogP contribution in [-0.2, 0) is 0 Å². The summed E-state index contributed by atoms with van der Waals surface area (Å²) < 4.78 is 14.0. The smallest absolute Gasteiger partial charge is 0.129 e. The maximum atomic E-state index is 14.0. The lowest BCUT2D eigenvalue weighted by Gasteiger charge is -2.35. The van der Waals surface area contributed by atoms with Crippen LogP contribution in [0.5, 0.6) is 0 Å². The Hall–Kier alpha value is -0.680. The number of rotatable bonds is 4. The summed E-state index contributed by atoms with van der Waals surface area (Å²) in [6.07, 6.45) is 0.540. The lowest BCUT2D eigenvalue weighted by Crippen LogP contribution is -2.45. The summed E-state index contributed by atoms with van der Waals surface area (Å²) in [5, 5.41) is 12.9. The third kappa shape index (κ3) is 3.20. The maximum Gasteiger partial charge on any atom is 0.129 e. The molecule has 0 bridgehead atoms. The van der Waals surface area contributed by atoms with Crippen molar-refractivity contribution in [2.45, 2.75) is 12.5 Å². The van der Waals surface area contributed by atoms with Crippen molar-refractivity contribution < 1.29 is 9.50 Å². The van der Waals surface area contributed by atoms with E-state index in [1.54, 1.807) is 12.1 Å². The van der Waals surface area contributed by atoms with Gasteiger partial charge in [-0.3, -0.25) is 4.90 Å². The largest absolute Gasteiger partial charge is 0.396 e. The van der Waals surface area contributed by atoms with Crippen LogP contribution >= 0.6 is 11.6 Å². The van der Waals surface area contributed by atoms with E-state index < -0.39 is 0 Å². The summed E-state index contributed by atoms with van der Waals surface area (Å²) in [6, 6.07) is 4.69. The van der Waals surface area contributed by atoms with Gasteiger partial charge in [0.15, 0.2) is 0 Å². The Kier molecular flexibility index (Phi) is 4.95. The second-order valence-corrected chi connectivity index (χ2v) is 4.92. The molecule has 0 saturated carbocycles. The van der Waals surface area contributed by atoms with E-state index >= 15 is 0 Å². The average Bonchev–Trinajstić information content (AvgIpc) is 2.38. The normalized spacial score (nSPS) is 18.8. The van der Waals surface area contributed by atoms with E-state index in [9.17, 15) is 9.50 Å². The topological polar surface area (TPSA) is 35.5 Å². The highest BCUT2D eigenvalue weighted by molar-refractivity contribution is 6.30. The van der Waals surface area contributed by atoms with Gasteiger partial charge in [-0.05, 0) is 18.6 Å². The van der Waals surface area contributed by atoms with Gasteiger partial charge in [-0.15, -0.1) is 0 Å². The Labute approximate surface area is 112 Å². The summed E-state index contributed by atoms with van der Waals surface area (Å²) in [5.41, 5.74) is 0.621. The molecule has 3 nitrogen and oxygen atoms in total. The van der Waals surface area contributed by atoms with E-state index in [1.807, 2.05) is 0 Å². The molecular weight excluding hydrogens is 255 g/mol. The van der Waals surface area contributed by atoms with Crippen LogP contribution in [0.25, 0.3) is 0 Å². The molecule has 1 fully saturated rings. The van der Waals surface area contributed by atoms with Gasteiger partial charge in [0.1, 0.15) is 5.82 Å². The first kappa shape index (κ1) is 13.7. The molecule has 1 aromatic carbocycles. The number of benzene rings is 1. The van der Waals surface area contributed by atoms with Crippen LogP contribution in [0.15, 0.2) is 18.2 Å². The van der Waals surface area contributed by atoms with Crippen molar-refractivity contribution in [2.24, 2.45) is 0 Å². The van der Waals surface area contributed by atoms with Gasteiger partial charge in [0.25, 0.3) is 0 Å². The van der Waals surface area contributed by atoms with Gasteiger partial charge in [-0.2, -0.15) is 0 Å². The molecule has 2 N–H and O–H groups in total. The molecule has 1 atom stereocenters. The van der Waals surface area contributed by atoms with E-state index in [0.29, 0.717) is 17.0 Å². The van der Waals surface area contributed by atoms with Gasteiger partial charge >= 0.3 is 0 Å². The highest BCUT2D eigenvalue weighted by Crippen LogP contribution is 2.28. The fourth-order valence-corrected chi connectivity index (χ4v) is 2.58. The Morgan fingerprint density at radius 2 is 2.11 bits per heavy atom. The van der Waals surface area contributed by atoms with E-state index in [2.05, 4.69) is 10.2 Å². The first-order chi connectivity index (χ1) is 8.72. The van der Waals surface area contributed by atoms with Crippen molar-refractivity contribution in [3.63, 3.8) is 0 Å². The maximum absolute atomic E-state index is 14.0. The van der Waals surface area contributed by atoms with Crippen molar-refractivity contribution in [3.05, 3.63) is 34.6 Å². The molecule has 0 spiro atoms. The molecule has 1 aliphatic rings. The first-order valence-corrected chi connectivity index (χ1v) is 6.60. The monoisotopic (exact) mass is 272 g/mol. The fraction of sp³-hybridized carbons (Fsp3) is 0.538. The number of piperazine rings is 1. The molecule has 0 amide bonds. The Morgan fingerprint density at radius 1 is 1.39 bits per heavy atom. The summed E-state index contributed by atoms with van der Waals surface area (Å²) in [6.45, 7) is 3.59. The highest BCUT2D eigenvalue weighted by Gasteiger charge is 2.24. The molecular formula is C13H18ClFN2O. The van der Waals surface area contributed by atoms with Crippen molar-refractivity contribution >= 4 is 11.6 Å². The second-order valence-electron chi connectivity index (χ2n) is 4.48. The van der Waals surface area contributed by atoms with Crippen LogP contribution in [0, 0.1) is 5.82 Å². The lowest BCUT2D eigenvalue weighted by molar-refractivity contribution is 0.138. The number of halogens is 2. The van der Waals surface area contributed by atoms with Crippen molar-refractivity contribution in [1.82, 2.24) is 10.2 Å². The summed E-state index contributed by atoms with van der Waals surface area (Å²) >= 11 is 5.77. The quantitative estimate of drug-likeness (QED) is 0.878. The van der Waals surface area contributed by atoms with Crippen molar-refractivity contribution in [1.29, 1.82) is 0 Å². The third-order valence-electron chi connectivity index (χ3n) is 3.32. The standard InChI is InChI=1S/C13H18ClFN2O/c14-10-1-2-11(12(15)9-10)13(3-8-18)17-6-4-16-5-7-17/h1-2,9,13,16,18H,3-8H2/t13-/m0/s1. The van der Waals surface area contributed by atoms with Gasteiger partial charge in [-0.25, -0.2) is 4.39 Å². The van der Waals surface area contributed by atoms with Gasteiger partial charge in [0.2, 0.25) is 0 Å². The molecule has 1 aliphatic heterocycles. The molecule has 1 heterocycles. The minimum atomic E-state index is -0.292. The number of aliphatic hydroxyl groups excluding tert-OH is 1. The zero-order chi connectivity index (χ0) is 13.0. The van der Waals surface area contributed by atoms with Gasteiger partial charge in [-0.1, -0.05) is 17.7 Å². The van der Waals surface area contributed by atoms with Crippen LogP contribution in [0.1, 0.15) is 18.0 Å². The molecule has 0 aliphatic carbocycles. The fourth-order valence-electron chi connectivity index (χ4n) is 2.42. The minimum absolute atomic E-state index is 0.0522. The molecule has 5 heteroatoms. The predicted octanol–water partition coefficient (Wildman–Crippen LogP) is 1.81. The van der Waals surface area contributed by atoms with Crippen LogP contribution in [0.4, 0.5) is 4.39 Å². The van der Waals surface area contributed by atoms with E-state index in [1.165, 1.54) is 6.07 Å². The summed E-state index contributed by atoms with van der Waals surface area (Å²) in [5.74, 6) is -0.292. The zero-order valence-electron chi connectivity index (χ0n) is 10.2. The SMILES string of the molecule is OCC[C@@H](c1ccc(Cl)cc1F)N1CCNCC1. The first-order valence-electron chi connectivity index (χ1n) is 6.23. The summed E-state index contributed by atoms with van der Waals surface area (Å²) in [4.78, 5) is 2.21. The van der Waals surface area contributed by atoms with Gasteiger partial charge < -0.3 is 10.4 Å². The third-order valence-corrected chi connectivity index (χ3v) is 3.55. The number of hydrogen-bond donors (Lipinski definition) is 2. The van der Waals surface area contributed by atoms with Crippen LogP contribution in [0.2, 0.25) is 5.02 Å². The molecule has 1 aromatic rings. The van der Waals surface area contributed by atoms with Crippen LogP contribution < -0.4 is 5.32 Å². The molecule has 18 heavy (non-hydrogen) atoms. The van der Waals surface area contributed by atoms with Gasteiger partial charge in [0, 0.05) is 49.4 Å². The molecule has 0 unspecified atom stereocenters. The Balaban J connectivity index is 2.22. The summed E-state index contributed by atoms with van der Waals surface area (Å²) in [7, 11) is 0. The molecule has 1 saturated heterocycles. The number of nitrogens with zero attached hydrogens (tertiary/aromatic N) is 1. The molecule has 0 aromatic heterocycles. The number of aliphatic hydroxyl groups is 1. The van der Waals surface area contributed by atoms with E-state index in [-0.39, 0.29) is 18.5 Å². The van der Waals surface area contributed by atoms with Crippen LogP contribution in [0.3, 0.4) is 0 Å². The highest BCUT2D eigenvalue weighted by atomic mass is 35.5.